The molecule has 1 amide bonds. The Balaban J connectivity index is 2.10. The van der Waals surface area contributed by atoms with Gasteiger partial charge < -0.3 is 9.84 Å². The van der Waals surface area contributed by atoms with E-state index in [-0.39, 0.29) is 18.1 Å². The molecule has 4 nitrogen and oxygen atoms in total. The van der Waals surface area contributed by atoms with Crippen molar-refractivity contribution < 1.29 is 13.7 Å². The van der Waals surface area contributed by atoms with E-state index in [4.69, 9.17) is 4.52 Å². The molecule has 1 heterocycles. The van der Waals surface area contributed by atoms with Crippen molar-refractivity contribution in [2.45, 2.75) is 13.3 Å². The second-order valence-electron chi connectivity index (χ2n) is 3.82. The topological polar surface area (TPSA) is 55.1 Å². The smallest absolute Gasteiger partial charge is 0.226 e. The van der Waals surface area contributed by atoms with Gasteiger partial charge in [-0.05, 0) is 31.2 Å². The number of amides is 1. The third kappa shape index (κ3) is 2.94. The van der Waals surface area contributed by atoms with Crippen molar-refractivity contribution in [1.29, 1.82) is 0 Å². The Labute approximate surface area is 104 Å². The minimum absolute atomic E-state index is 0.101. The first-order valence-corrected chi connectivity index (χ1v) is 5.67. The number of aromatic nitrogens is 1. The lowest BCUT2D eigenvalue weighted by Gasteiger charge is -1.97. The molecule has 0 spiro atoms. The molecule has 1 aromatic carbocycles. The molecule has 0 radical (unpaired) electrons. The average molecular weight is 248 g/mol. The van der Waals surface area contributed by atoms with E-state index >= 15 is 0 Å². The molecule has 2 rings (SSSR count). The highest BCUT2D eigenvalue weighted by molar-refractivity contribution is 5.78. The summed E-state index contributed by atoms with van der Waals surface area (Å²) in [6, 6.07) is 7.59. The maximum atomic E-state index is 12.8. The number of hydrogen-bond acceptors (Lipinski definition) is 3. The molecule has 0 saturated carbocycles. The highest BCUT2D eigenvalue weighted by Gasteiger charge is 2.10. The summed E-state index contributed by atoms with van der Waals surface area (Å²) in [5.74, 6) is 0.117. The number of hydrogen-bond donors (Lipinski definition) is 1. The highest BCUT2D eigenvalue weighted by Crippen LogP contribution is 2.20. The van der Waals surface area contributed by atoms with Gasteiger partial charge in [-0.25, -0.2) is 4.39 Å². The number of halogens is 1. The standard InChI is InChI=1S/C13H13FN2O2/c1-2-15-13(17)8-11-7-12(18-16-11)9-3-5-10(14)6-4-9/h3-7H,2,8H2,1H3,(H,15,17). The van der Waals surface area contributed by atoms with Gasteiger partial charge in [0.05, 0.1) is 12.1 Å². The molecule has 5 heteroatoms. The fourth-order valence-electron chi connectivity index (χ4n) is 1.57. The fraction of sp³-hybridized carbons (Fsp3) is 0.231. The first-order chi connectivity index (χ1) is 8.69. The van der Waals surface area contributed by atoms with E-state index in [0.29, 0.717) is 18.0 Å². The summed E-state index contributed by atoms with van der Waals surface area (Å²) in [5.41, 5.74) is 1.28. The molecular formula is C13H13FN2O2. The van der Waals surface area contributed by atoms with Crippen LogP contribution in [0.5, 0.6) is 0 Å². The number of nitrogens with zero attached hydrogens (tertiary/aromatic N) is 1. The molecular weight excluding hydrogens is 235 g/mol. The van der Waals surface area contributed by atoms with Crippen molar-refractivity contribution in [2.75, 3.05) is 6.54 Å². The Bertz CT molecular complexity index is 534. The summed E-state index contributed by atoms with van der Waals surface area (Å²) in [6.07, 6.45) is 0.179. The number of carbonyl (C=O) groups is 1. The molecule has 0 aliphatic heterocycles. The summed E-state index contributed by atoms with van der Waals surface area (Å²) in [6.45, 7) is 2.44. The predicted molar refractivity (Wildman–Crippen MR) is 64.3 cm³/mol. The van der Waals surface area contributed by atoms with Crippen molar-refractivity contribution in [3.05, 3.63) is 41.8 Å². The van der Waals surface area contributed by atoms with Crippen LogP contribution in [-0.2, 0) is 11.2 Å². The molecule has 0 aliphatic carbocycles. The quantitative estimate of drug-likeness (QED) is 0.902. The maximum absolute atomic E-state index is 12.8. The van der Waals surface area contributed by atoms with E-state index in [2.05, 4.69) is 10.5 Å². The summed E-state index contributed by atoms with van der Waals surface area (Å²) in [5, 5.41) is 6.49. The number of nitrogens with one attached hydrogen (secondary N) is 1. The van der Waals surface area contributed by atoms with Crippen LogP contribution in [-0.4, -0.2) is 17.6 Å². The van der Waals surface area contributed by atoms with E-state index in [1.54, 1.807) is 18.2 Å². The van der Waals surface area contributed by atoms with Gasteiger partial charge in [-0.1, -0.05) is 5.16 Å². The lowest BCUT2D eigenvalue weighted by atomic mass is 10.1. The van der Waals surface area contributed by atoms with Crippen LogP contribution in [0, 0.1) is 5.82 Å². The van der Waals surface area contributed by atoms with E-state index in [9.17, 15) is 9.18 Å². The Morgan fingerprint density at radius 3 is 2.78 bits per heavy atom. The average Bonchev–Trinajstić information content (AvgIpc) is 2.78. The molecule has 2 aromatic rings. The first kappa shape index (κ1) is 12.3. The van der Waals surface area contributed by atoms with Gasteiger partial charge in [0.15, 0.2) is 5.76 Å². The summed E-state index contributed by atoms with van der Waals surface area (Å²) in [7, 11) is 0. The molecule has 0 saturated heterocycles. The SMILES string of the molecule is CCNC(=O)Cc1cc(-c2ccc(F)cc2)on1. The van der Waals surface area contributed by atoms with E-state index in [1.165, 1.54) is 12.1 Å². The zero-order valence-electron chi connectivity index (χ0n) is 9.94. The third-order valence-corrected chi connectivity index (χ3v) is 2.40. The van der Waals surface area contributed by atoms with Crippen LogP contribution >= 0.6 is 0 Å². The zero-order valence-corrected chi connectivity index (χ0v) is 9.94. The predicted octanol–water partition coefficient (Wildman–Crippen LogP) is 2.16. The molecule has 0 bridgehead atoms. The van der Waals surface area contributed by atoms with Crippen molar-refractivity contribution in [2.24, 2.45) is 0 Å². The van der Waals surface area contributed by atoms with Crippen LogP contribution < -0.4 is 5.32 Å². The van der Waals surface area contributed by atoms with Crippen LogP contribution in [0.15, 0.2) is 34.9 Å². The normalized spacial score (nSPS) is 10.3. The second-order valence-corrected chi connectivity index (χ2v) is 3.82. The number of benzene rings is 1. The highest BCUT2D eigenvalue weighted by atomic mass is 19.1. The lowest BCUT2D eigenvalue weighted by molar-refractivity contribution is -0.120. The maximum Gasteiger partial charge on any atom is 0.226 e. The van der Waals surface area contributed by atoms with Crippen LogP contribution in [0.4, 0.5) is 4.39 Å². The van der Waals surface area contributed by atoms with E-state index < -0.39 is 0 Å². The van der Waals surface area contributed by atoms with Gasteiger partial charge in [-0.15, -0.1) is 0 Å². The van der Waals surface area contributed by atoms with Crippen LogP contribution in [0.25, 0.3) is 11.3 Å². The molecule has 18 heavy (non-hydrogen) atoms. The zero-order chi connectivity index (χ0) is 13.0. The number of likely N-dealkylation sites (N-methyl/N-ethyl adjacent to an activating group) is 1. The molecule has 0 atom stereocenters. The van der Waals surface area contributed by atoms with Gasteiger partial charge >= 0.3 is 0 Å². The van der Waals surface area contributed by atoms with Crippen molar-refractivity contribution >= 4 is 5.91 Å². The Hall–Kier alpha value is -2.17. The summed E-state index contributed by atoms with van der Waals surface area (Å²) >= 11 is 0. The van der Waals surface area contributed by atoms with Crippen molar-refractivity contribution in [3.63, 3.8) is 0 Å². The Kier molecular flexibility index (Phi) is 3.72. The largest absolute Gasteiger partial charge is 0.356 e. The minimum Gasteiger partial charge on any atom is -0.356 e. The molecule has 0 fully saturated rings. The van der Waals surface area contributed by atoms with Crippen LogP contribution in [0.1, 0.15) is 12.6 Å². The Morgan fingerprint density at radius 1 is 1.39 bits per heavy atom. The van der Waals surface area contributed by atoms with Gasteiger partial charge in [0.2, 0.25) is 5.91 Å². The van der Waals surface area contributed by atoms with Crippen molar-refractivity contribution in [3.8, 4) is 11.3 Å². The van der Waals surface area contributed by atoms with E-state index in [0.717, 1.165) is 5.56 Å². The summed E-state index contributed by atoms with van der Waals surface area (Å²) in [4.78, 5) is 11.4. The minimum atomic E-state index is -0.305. The third-order valence-electron chi connectivity index (χ3n) is 2.40. The molecule has 94 valence electrons. The van der Waals surface area contributed by atoms with Crippen LogP contribution in [0.2, 0.25) is 0 Å². The molecule has 1 aromatic heterocycles. The van der Waals surface area contributed by atoms with E-state index in [1.807, 2.05) is 6.92 Å². The van der Waals surface area contributed by atoms with Gasteiger partial charge in [0, 0.05) is 18.2 Å². The molecule has 0 aliphatic rings. The summed E-state index contributed by atoms with van der Waals surface area (Å²) < 4.78 is 17.9. The monoisotopic (exact) mass is 248 g/mol. The first-order valence-electron chi connectivity index (χ1n) is 5.67. The lowest BCUT2D eigenvalue weighted by Crippen LogP contribution is -2.24. The van der Waals surface area contributed by atoms with Crippen LogP contribution in [0.3, 0.4) is 0 Å². The van der Waals surface area contributed by atoms with Gasteiger partial charge in [-0.2, -0.15) is 0 Å². The van der Waals surface area contributed by atoms with Crippen molar-refractivity contribution in [1.82, 2.24) is 10.5 Å². The molecule has 1 N–H and O–H groups in total. The second kappa shape index (κ2) is 5.44. The molecule has 0 unspecified atom stereocenters. The van der Waals surface area contributed by atoms with Gasteiger partial charge in [0.1, 0.15) is 5.82 Å². The fourth-order valence-corrected chi connectivity index (χ4v) is 1.57. The number of rotatable bonds is 4. The Morgan fingerprint density at radius 2 is 2.11 bits per heavy atom. The van der Waals surface area contributed by atoms with Gasteiger partial charge in [0.25, 0.3) is 0 Å². The number of carbonyl (C=O) groups excluding carboxylic acids is 1. The van der Waals surface area contributed by atoms with Gasteiger partial charge in [-0.3, -0.25) is 4.79 Å².